The van der Waals surface area contributed by atoms with Crippen molar-refractivity contribution in [2.75, 3.05) is 19.6 Å². The third kappa shape index (κ3) is 3.02. The zero-order chi connectivity index (χ0) is 15.1. The van der Waals surface area contributed by atoms with Crippen LogP contribution in [0.15, 0.2) is 24.3 Å². The highest BCUT2D eigenvalue weighted by molar-refractivity contribution is 6.30. The number of fused-ring (bicyclic) bond motifs is 4. The lowest BCUT2D eigenvalue weighted by atomic mass is 9.94. The Kier molecular flexibility index (Phi) is 3.87. The Balaban J connectivity index is 1.47. The van der Waals surface area contributed by atoms with Crippen molar-refractivity contribution in [1.82, 2.24) is 9.80 Å². The van der Waals surface area contributed by atoms with Crippen LogP contribution in [0.1, 0.15) is 31.2 Å². The van der Waals surface area contributed by atoms with Gasteiger partial charge in [0.2, 0.25) is 5.91 Å². The predicted molar refractivity (Wildman–Crippen MR) is 87.7 cm³/mol. The van der Waals surface area contributed by atoms with Crippen molar-refractivity contribution in [1.29, 1.82) is 0 Å². The SMILES string of the molecule is O=C1[C@H]2CC[C@H](CN(Cc3ccc(Cl)cc3)C2)N1CC1CC1. The standard InChI is InChI=1S/C18H23ClN2O/c19-16-6-3-13(4-7-16)9-20-11-15-5-8-17(12-20)21(18(15)22)10-14-1-2-14/h3-4,6-7,14-15,17H,1-2,5,8-12H2/t15-,17+/m0/s1. The molecule has 1 amide bonds. The number of amides is 1. The number of piperidine rings is 1. The molecule has 22 heavy (non-hydrogen) atoms. The van der Waals surface area contributed by atoms with Gasteiger partial charge in [-0.3, -0.25) is 9.69 Å². The summed E-state index contributed by atoms with van der Waals surface area (Å²) < 4.78 is 0. The Labute approximate surface area is 137 Å². The Morgan fingerprint density at radius 2 is 1.82 bits per heavy atom. The second kappa shape index (κ2) is 5.86. The second-order valence-corrected chi connectivity index (χ2v) is 7.62. The lowest BCUT2D eigenvalue weighted by molar-refractivity contribution is -0.140. The maximum atomic E-state index is 12.7. The first-order valence-corrected chi connectivity index (χ1v) is 8.84. The fourth-order valence-electron chi connectivity index (χ4n) is 3.93. The van der Waals surface area contributed by atoms with Crippen molar-refractivity contribution in [3.05, 3.63) is 34.9 Å². The molecule has 0 radical (unpaired) electrons. The number of benzene rings is 1. The van der Waals surface area contributed by atoms with E-state index in [1.807, 2.05) is 12.1 Å². The molecule has 1 saturated carbocycles. The van der Waals surface area contributed by atoms with E-state index in [-0.39, 0.29) is 5.92 Å². The van der Waals surface area contributed by atoms with Crippen LogP contribution in [0.25, 0.3) is 0 Å². The maximum absolute atomic E-state index is 12.7. The van der Waals surface area contributed by atoms with Crippen molar-refractivity contribution < 1.29 is 4.79 Å². The van der Waals surface area contributed by atoms with Crippen molar-refractivity contribution in [2.45, 2.75) is 38.3 Å². The zero-order valence-corrected chi connectivity index (χ0v) is 13.6. The van der Waals surface area contributed by atoms with Gasteiger partial charge in [0, 0.05) is 37.2 Å². The van der Waals surface area contributed by atoms with E-state index in [9.17, 15) is 4.79 Å². The van der Waals surface area contributed by atoms with Gasteiger partial charge in [-0.15, -0.1) is 0 Å². The number of carbonyl (C=O) groups is 1. The van der Waals surface area contributed by atoms with Crippen LogP contribution in [0, 0.1) is 11.8 Å². The fraction of sp³-hybridized carbons (Fsp3) is 0.611. The minimum absolute atomic E-state index is 0.213. The molecule has 1 aromatic rings. The van der Waals surface area contributed by atoms with Gasteiger partial charge in [0.05, 0.1) is 5.92 Å². The molecule has 4 heteroatoms. The predicted octanol–water partition coefficient (Wildman–Crippen LogP) is 3.17. The summed E-state index contributed by atoms with van der Waals surface area (Å²) >= 11 is 5.96. The van der Waals surface area contributed by atoms with Gasteiger partial charge in [0.1, 0.15) is 0 Å². The second-order valence-electron chi connectivity index (χ2n) is 7.18. The lowest BCUT2D eigenvalue weighted by Crippen LogP contribution is -2.48. The smallest absolute Gasteiger partial charge is 0.227 e. The van der Waals surface area contributed by atoms with E-state index < -0.39 is 0 Å². The molecule has 3 saturated heterocycles. The van der Waals surface area contributed by atoms with E-state index in [4.69, 9.17) is 11.6 Å². The maximum Gasteiger partial charge on any atom is 0.227 e. The quantitative estimate of drug-likeness (QED) is 0.851. The largest absolute Gasteiger partial charge is 0.338 e. The third-order valence-electron chi connectivity index (χ3n) is 5.34. The minimum atomic E-state index is 0.213. The lowest BCUT2D eigenvalue weighted by Gasteiger charge is -2.36. The fourth-order valence-corrected chi connectivity index (χ4v) is 4.05. The molecule has 0 aromatic heterocycles. The van der Waals surface area contributed by atoms with Crippen molar-refractivity contribution >= 4 is 17.5 Å². The van der Waals surface area contributed by atoms with E-state index in [2.05, 4.69) is 21.9 Å². The van der Waals surface area contributed by atoms with E-state index >= 15 is 0 Å². The first kappa shape index (κ1) is 14.5. The number of carbonyl (C=O) groups excluding carboxylic acids is 1. The molecule has 3 aliphatic heterocycles. The molecule has 3 heterocycles. The van der Waals surface area contributed by atoms with Gasteiger partial charge in [-0.25, -0.2) is 0 Å². The summed E-state index contributed by atoms with van der Waals surface area (Å²) in [6.07, 6.45) is 4.88. The zero-order valence-electron chi connectivity index (χ0n) is 12.9. The highest BCUT2D eigenvalue weighted by atomic mass is 35.5. The number of rotatable bonds is 4. The molecule has 1 aromatic carbocycles. The minimum Gasteiger partial charge on any atom is -0.338 e. The number of halogens is 1. The van der Waals surface area contributed by atoms with Crippen LogP contribution in [0.4, 0.5) is 0 Å². The number of hydrogen-bond acceptors (Lipinski definition) is 2. The summed E-state index contributed by atoms with van der Waals surface area (Å²) in [4.78, 5) is 17.4. The highest BCUT2D eigenvalue weighted by Gasteiger charge is 2.42. The molecule has 2 atom stereocenters. The van der Waals surface area contributed by atoms with Crippen LogP contribution in [-0.4, -0.2) is 41.4 Å². The number of hydrogen-bond donors (Lipinski definition) is 0. The van der Waals surface area contributed by atoms with E-state index in [0.29, 0.717) is 11.9 Å². The summed E-state index contributed by atoms with van der Waals surface area (Å²) in [7, 11) is 0. The first-order chi connectivity index (χ1) is 10.7. The molecule has 2 bridgehead atoms. The summed E-state index contributed by atoms with van der Waals surface area (Å²) in [5.41, 5.74) is 1.28. The Bertz CT molecular complexity index is 555. The molecule has 4 fully saturated rings. The first-order valence-electron chi connectivity index (χ1n) is 8.46. The van der Waals surface area contributed by atoms with Crippen molar-refractivity contribution in [3.8, 4) is 0 Å². The highest BCUT2D eigenvalue weighted by Crippen LogP contribution is 2.35. The van der Waals surface area contributed by atoms with Crippen LogP contribution in [0.2, 0.25) is 5.02 Å². The van der Waals surface area contributed by atoms with Gasteiger partial charge in [0.15, 0.2) is 0 Å². The molecular weight excluding hydrogens is 296 g/mol. The topological polar surface area (TPSA) is 23.6 Å². The van der Waals surface area contributed by atoms with E-state index in [1.165, 1.54) is 24.8 Å². The van der Waals surface area contributed by atoms with Gasteiger partial charge in [0.25, 0.3) is 0 Å². The van der Waals surface area contributed by atoms with Gasteiger partial charge in [-0.05, 0) is 49.3 Å². The molecule has 1 aliphatic carbocycles. The van der Waals surface area contributed by atoms with Crippen LogP contribution in [0.3, 0.4) is 0 Å². The Morgan fingerprint density at radius 1 is 1.05 bits per heavy atom. The average molecular weight is 319 g/mol. The molecule has 0 spiro atoms. The molecule has 0 unspecified atom stereocenters. The molecule has 3 nitrogen and oxygen atoms in total. The van der Waals surface area contributed by atoms with Gasteiger partial charge in [-0.1, -0.05) is 23.7 Å². The Hall–Kier alpha value is -1.06. The summed E-state index contributed by atoms with van der Waals surface area (Å²) in [5.74, 6) is 1.42. The summed E-state index contributed by atoms with van der Waals surface area (Å²) in [5, 5.41) is 0.783. The van der Waals surface area contributed by atoms with Crippen molar-refractivity contribution in [3.63, 3.8) is 0 Å². The molecule has 0 N–H and O–H groups in total. The van der Waals surface area contributed by atoms with E-state index in [1.54, 1.807) is 0 Å². The average Bonchev–Trinajstić information content (AvgIpc) is 3.33. The van der Waals surface area contributed by atoms with Gasteiger partial charge >= 0.3 is 0 Å². The van der Waals surface area contributed by atoms with Crippen LogP contribution in [0.5, 0.6) is 0 Å². The number of nitrogens with zero attached hydrogens (tertiary/aromatic N) is 2. The summed E-state index contributed by atoms with van der Waals surface area (Å²) in [6.45, 7) is 3.88. The van der Waals surface area contributed by atoms with Crippen LogP contribution >= 0.6 is 11.6 Å². The molecule has 118 valence electrons. The normalized spacial score (nSPS) is 29.0. The monoisotopic (exact) mass is 318 g/mol. The van der Waals surface area contributed by atoms with E-state index in [0.717, 1.165) is 43.5 Å². The molecular formula is C18H23ClN2O. The Morgan fingerprint density at radius 3 is 2.55 bits per heavy atom. The molecule has 4 aliphatic rings. The van der Waals surface area contributed by atoms with Gasteiger partial charge in [-0.2, -0.15) is 0 Å². The molecule has 5 rings (SSSR count). The van der Waals surface area contributed by atoms with Crippen LogP contribution in [-0.2, 0) is 11.3 Å². The third-order valence-corrected chi connectivity index (χ3v) is 5.59. The van der Waals surface area contributed by atoms with Crippen molar-refractivity contribution in [2.24, 2.45) is 11.8 Å². The van der Waals surface area contributed by atoms with Crippen LogP contribution < -0.4 is 0 Å². The van der Waals surface area contributed by atoms with Gasteiger partial charge < -0.3 is 4.90 Å². The summed E-state index contributed by atoms with van der Waals surface area (Å²) in [6, 6.07) is 8.53.